The Hall–Kier alpha value is -3.40. The van der Waals surface area contributed by atoms with E-state index in [2.05, 4.69) is 10.6 Å². The summed E-state index contributed by atoms with van der Waals surface area (Å²) in [6, 6.07) is 5.72. The monoisotopic (exact) mass is 473 g/mol. The molecule has 1 aliphatic carbocycles. The molecule has 1 heterocycles. The Labute approximate surface area is 195 Å². The molecule has 0 spiro atoms. The lowest BCUT2D eigenvalue weighted by atomic mass is 9.95. The van der Waals surface area contributed by atoms with Crippen LogP contribution in [0.3, 0.4) is 0 Å². The average molecular weight is 474 g/mol. The summed E-state index contributed by atoms with van der Waals surface area (Å²) < 4.78 is 10.5. The summed E-state index contributed by atoms with van der Waals surface area (Å²) in [6.45, 7) is 3.29. The van der Waals surface area contributed by atoms with E-state index in [4.69, 9.17) is 15.2 Å². The van der Waals surface area contributed by atoms with Gasteiger partial charge >= 0.3 is 18.0 Å². The number of carbonyl (C=O) groups is 4. The number of urea groups is 1. The second kappa shape index (κ2) is 11.0. The molecule has 0 fully saturated rings. The minimum Gasteiger partial charge on any atom is -0.459 e. The summed E-state index contributed by atoms with van der Waals surface area (Å²) >= 11 is 1.37. The summed E-state index contributed by atoms with van der Waals surface area (Å²) in [7, 11) is 0. The van der Waals surface area contributed by atoms with Crippen LogP contribution in [0.5, 0.6) is 0 Å². The van der Waals surface area contributed by atoms with Gasteiger partial charge in [-0.3, -0.25) is 4.79 Å². The van der Waals surface area contributed by atoms with Crippen molar-refractivity contribution in [2.24, 2.45) is 5.73 Å². The van der Waals surface area contributed by atoms with Gasteiger partial charge in [-0.25, -0.2) is 14.4 Å². The molecule has 0 saturated heterocycles. The van der Waals surface area contributed by atoms with Crippen LogP contribution in [-0.2, 0) is 33.7 Å². The molecule has 2 aromatic rings. The summed E-state index contributed by atoms with van der Waals surface area (Å²) in [6.07, 6.45) is 3.36. The fourth-order valence-corrected chi connectivity index (χ4v) is 4.76. The Balaban J connectivity index is 1.61. The minimum absolute atomic E-state index is 0.236. The number of nitrogens with two attached hydrogens (primary N) is 1. The highest BCUT2D eigenvalue weighted by atomic mass is 32.1. The van der Waals surface area contributed by atoms with Crippen molar-refractivity contribution in [3.8, 4) is 0 Å². The lowest BCUT2D eigenvalue weighted by Crippen LogP contribution is -2.28. The van der Waals surface area contributed by atoms with Crippen molar-refractivity contribution < 1.29 is 28.7 Å². The molecule has 0 bridgehead atoms. The van der Waals surface area contributed by atoms with Gasteiger partial charge in [0.25, 0.3) is 5.91 Å². The van der Waals surface area contributed by atoms with Crippen molar-refractivity contribution >= 4 is 40.2 Å². The second-order valence-electron chi connectivity index (χ2n) is 7.91. The van der Waals surface area contributed by atoms with Gasteiger partial charge in [0.1, 0.15) is 5.00 Å². The maximum atomic E-state index is 12.7. The van der Waals surface area contributed by atoms with Crippen LogP contribution in [0.2, 0.25) is 0 Å². The molecule has 0 saturated carbocycles. The van der Waals surface area contributed by atoms with Gasteiger partial charge in [0.05, 0.1) is 17.2 Å². The van der Waals surface area contributed by atoms with Crippen LogP contribution in [0.1, 0.15) is 63.4 Å². The fourth-order valence-electron chi connectivity index (χ4n) is 3.47. The first-order valence-electron chi connectivity index (χ1n) is 10.7. The highest BCUT2D eigenvalue weighted by Gasteiger charge is 2.28. The Bertz CT molecular complexity index is 1050. The number of hydrogen-bond acceptors (Lipinski definition) is 7. The molecule has 1 aliphatic rings. The maximum Gasteiger partial charge on any atom is 0.341 e. The zero-order valence-electron chi connectivity index (χ0n) is 18.6. The van der Waals surface area contributed by atoms with E-state index in [9.17, 15) is 19.2 Å². The van der Waals surface area contributed by atoms with Crippen LogP contribution < -0.4 is 16.4 Å². The molecule has 1 aromatic heterocycles. The van der Waals surface area contributed by atoms with Crippen molar-refractivity contribution in [2.75, 3.05) is 11.9 Å². The van der Waals surface area contributed by atoms with E-state index >= 15 is 0 Å². The lowest BCUT2D eigenvalue weighted by molar-refractivity contribution is -0.119. The summed E-state index contributed by atoms with van der Waals surface area (Å²) in [5.74, 6) is -1.66. The molecule has 9 nitrogen and oxygen atoms in total. The molecule has 0 aliphatic heterocycles. The molecular weight excluding hydrogens is 446 g/mol. The molecule has 10 heteroatoms. The second-order valence-corrected chi connectivity index (χ2v) is 9.01. The zero-order chi connectivity index (χ0) is 24.0. The SMILES string of the molecule is CC(C)OC(=O)c1c(NC(=O)COC(=O)c2ccc(CNC(N)=O)cc2)sc2c1CCCC2. The third kappa shape index (κ3) is 6.55. The molecule has 3 amide bonds. The van der Waals surface area contributed by atoms with Crippen LogP contribution in [0.25, 0.3) is 0 Å². The van der Waals surface area contributed by atoms with Gasteiger partial charge in [-0.1, -0.05) is 12.1 Å². The quantitative estimate of drug-likeness (QED) is 0.504. The molecule has 1 aromatic carbocycles. The molecule has 0 atom stereocenters. The highest BCUT2D eigenvalue weighted by molar-refractivity contribution is 7.17. The van der Waals surface area contributed by atoms with Crippen molar-refractivity contribution in [3.05, 3.63) is 51.4 Å². The fraction of sp³-hybridized carbons (Fsp3) is 0.391. The molecule has 3 rings (SSSR count). The van der Waals surface area contributed by atoms with Gasteiger partial charge in [-0.05, 0) is 62.8 Å². The van der Waals surface area contributed by atoms with E-state index in [0.717, 1.165) is 41.7 Å². The number of amides is 3. The molecule has 4 N–H and O–H groups in total. The van der Waals surface area contributed by atoms with Crippen molar-refractivity contribution in [1.29, 1.82) is 0 Å². The number of rotatable bonds is 8. The highest BCUT2D eigenvalue weighted by Crippen LogP contribution is 2.38. The first kappa shape index (κ1) is 24.2. The number of thiophene rings is 1. The zero-order valence-corrected chi connectivity index (χ0v) is 19.4. The molecular formula is C23H27N3O6S. The molecule has 33 heavy (non-hydrogen) atoms. The molecule has 176 valence electrons. The average Bonchev–Trinajstić information content (AvgIpc) is 3.13. The third-order valence-electron chi connectivity index (χ3n) is 4.96. The number of benzene rings is 1. The topological polar surface area (TPSA) is 137 Å². The Kier molecular flexibility index (Phi) is 8.05. The van der Waals surface area contributed by atoms with E-state index in [0.29, 0.717) is 10.6 Å². The van der Waals surface area contributed by atoms with E-state index in [-0.39, 0.29) is 18.2 Å². The van der Waals surface area contributed by atoms with Gasteiger partial charge in [0.2, 0.25) is 0 Å². The van der Waals surface area contributed by atoms with Crippen LogP contribution in [0.4, 0.5) is 9.80 Å². The summed E-state index contributed by atoms with van der Waals surface area (Å²) in [5, 5.41) is 5.60. The smallest absolute Gasteiger partial charge is 0.341 e. The number of aryl methyl sites for hydroxylation is 1. The molecule has 0 unspecified atom stereocenters. The van der Waals surface area contributed by atoms with Gasteiger partial charge in [-0.15, -0.1) is 11.3 Å². The lowest BCUT2D eigenvalue weighted by Gasteiger charge is -2.14. The van der Waals surface area contributed by atoms with Crippen molar-refractivity contribution in [1.82, 2.24) is 5.32 Å². The number of carbonyl (C=O) groups excluding carboxylic acids is 4. The van der Waals surface area contributed by atoms with Gasteiger partial charge in [0.15, 0.2) is 6.61 Å². The van der Waals surface area contributed by atoms with Gasteiger partial charge in [-0.2, -0.15) is 0 Å². The molecule has 0 radical (unpaired) electrons. The van der Waals surface area contributed by atoms with E-state index < -0.39 is 30.5 Å². The van der Waals surface area contributed by atoms with Crippen LogP contribution in [0, 0.1) is 0 Å². The van der Waals surface area contributed by atoms with Gasteiger partial charge in [0, 0.05) is 11.4 Å². The van der Waals surface area contributed by atoms with Crippen molar-refractivity contribution in [2.45, 2.75) is 52.2 Å². The summed E-state index contributed by atoms with van der Waals surface area (Å²) in [5.41, 5.74) is 7.39. The maximum absolute atomic E-state index is 12.7. The largest absolute Gasteiger partial charge is 0.459 e. The predicted molar refractivity (Wildman–Crippen MR) is 123 cm³/mol. The first-order valence-corrected chi connectivity index (χ1v) is 11.5. The third-order valence-corrected chi connectivity index (χ3v) is 6.17. The summed E-state index contributed by atoms with van der Waals surface area (Å²) in [4.78, 5) is 49.3. The Morgan fingerprint density at radius 3 is 2.42 bits per heavy atom. The van der Waals surface area contributed by atoms with Crippen molar-refractivity contribution in [3.63, 3.8) is 0 Å². The van der Waals surface area contributed by atoms with E-state index in [1.54, 1.807) is 26.0 Å². The van der Waals surface area contributed by atoms with Crippen LogP contribution in [0.15, 0.2) is 24.3 Å². The predicted octanol–water partition coefficient (Wildman–Crippen LogP) is 3.16. The number of nitrogens with one attached hydrogen (secondary N) is 2. The standard InChI is InChI=1S/C23H27N3O6S/c1-13(2)32-22(29)19-16-5-3-4-6-17(16)33-20(19)26-18(27)12-31-21(28)15-9-7-14(8-10-15)11-25-23(24)30/h7-10,13H,3-6,11-12H2,1-2H3,(H,26,27)(H3,24,25,30). The Morgan fingerprint density at radius 1 is 1.06 bits per heavy atom. The normalized spacial score (nSPS) is 12.6. The number of primary amides is 1. The van der Waals surface area contributed by atoms with Crippen LogP contribution in [-0.4, -0.2) is 36.6 Å². The van der Waals surface area contributed by atoms with E-state index in [1.165, 1.54) is 23.5 Å². The number of esters is 2. The van der Waals surface area contributed by atoms with E-state index in [1.807, 2.05) is 0 Å². The van der Waals surface area contributed by atoms with Gasteiger partial charge < -0.3 is 25.8 Å². The first-order chi connectivity index (χ1) is 15.7. The minimum atomic E-state index is -0.663. The Morgan fingerprint density at radius 2 is 1.76 bits per heavy atom. The number of hydrogen-bond donors (Lipinski definition) is 3. The number of fused-ring (bicyclic) bond motifs is 1. The number of ether oxygens (including phenoxy) is 2. The van der Waals surface area contributed by atoms with Crippen LogP contribution >= 0.6 is 11.3 Å². The number of anilines is 1.